The number of benzene rings is 2. The van der Waals surface area contributed by atoms with Gasteiger partial charge in [0.15, 0.2) is 0 Å². The highest BCUT2D eigenvalue weighted by molar-refractivity contribution is 6.04. The minimum absolute atomic E-state index is 0.0590. The minimum atomic E-state index is -4.57. The molecule has 0 atom stereocenters. The Balaban J connectivity index is 1.88. The van der Waals surface area contributed by atoms with Crippen molar-refractivity contribution in [1.82, 2.24) is 0 Å². The Kier molecular flexibility index (Phi) is 5.55. The number of ether oxygens (including phenoxy) is 2. The average molecular weight is 380 g/mol. The van der Waals surface area contributed by atoms with E-state index in [-0.39, 0.29) is 11.3 Å². The molecule has 3 rings (SSSR count). The third kappa shape index (κ3) is 4.51. The first-order valence-electron chi connectivity index (χ1n) is 8.38. The molecule has 0 spiro atoms. The molecule has 1 aliphatic heterocycles. The number of rotatable bonds is 4. The molecule has 0 aliphatic carbocycles. The SMILES string of the molecule is COc1cccc(NC(=O)c2ccc(N3CCOCC3)c(C(F)(F)F)c2)c1. The Hall–Kier alpha value is -2.74. The highest BCUT2D eigenvalue weighted by Crippen LogP contribution is 2.37. The molecule has 0 saturated carbocycles. The maximum atomic E-state index is 13.6. The molecule has 1 N–H and O–H groups in total. The van der Waals surface area contributed by atoms with Crippen LogP contribution in [0.25, 0.3) is 0 Å². The number of amides is 1. The number of alkyl halides is 3. The summed E-state index contributed by atoms with van der Waals surface area (Å²) in [5.41, 5.74) is -0.404. The van der Waals surface area contributed by atoms with Gasteiger partial charge in [0.1, 0.15) is 5.75 Å². The third-order valence-electron chi connectivity index (χ3n) is 4.24. The molecule has 1 saturated heterocycles. The third-order valence-corrected chi connectivity index (χ3v) is 4.24. The van der Waals surface area contributed by atoms with Gasteiger partial charge in [-0.25, -0.2) is 0 Å². The molecule has 0 bridgehead atoms. The molecule has 1 heterocycles. The molecule has 1 fully saturated rings. The zero-order valence-electron chi connectivity index (χ0n) is 14.7. The van der Waals surface area contributed by atoms with Crippen LogP contribution in [-0.2, 0) is 10.9 Å². The molecule has 0 radical (unpaired) electrons. The van der Waals surface area contributed by atoms with Crippen molar-refractivity contribution in [3.63, 3.8) is 0 Å². The van der Waals surface area contributed by atoms with E-state index in [4.69, 9.17) is 9.47 Å². The number of hydrogen-bond acceptors (Lipinski definition) is 4. The molecule has 1 amide bonds. The molecule has 144 valence electrons. The molecular formula is C19H19F3N2O3. The second-order valence-corrected chi connectivity index (χ2v) is 6.02. The zero-order valence-corrected chi connectivity index (χ0v) is 14.7. The van der Waals surface area contributed by atoms with Crippen LogP contribution in [0, 0.1) is 0 Å². The fourth-order valence-corrected chi connectivity index (χ4v) is 2.89. The van der Waals surface area contributed by atoms with Crippen molar-refractivity contribution in [1.29, 1.82) is 0 Å². The van der Waals surface area contributed by atoms with E-state index in [1.165, 1.54) is 19.2 Å². The average Bonchev–Trinajstić information content (AvgIpc) is 2.67. The van der Waals surface area contributed by atoms with Crippen molar-refractivity contribution in [2.75, 3.05) is 43.6 Å². The van der Waals surface area contributed by atoms with Crippen molar-refractivity contribution < 1.29 is 27.4 Å². The van der Waals surface area contributed by atoms with Crippen molar-refractivity contribution in [3.05, 3.63) is 53.6 Å². The van der Waals surface area contributed by atoms with Gasteiger partial charge in [0, 0.05) is 36.1 Å². The molecule has 2 aromatic carbocycles. The number of nitrogens with one attached hydrogen (secondary N) is 1. The summed E-state index contributed by atoms with van der Waals surface area (Å²) >= 11 is 0. The molecule has 5 nitrogen and oxygen atoms in total. The Morgan fingerprint density at radius 2 is 1.89 bits per heavy atom. The second-order valence-electron chi connectivity index (χ2n) is 6.02. The van der Waals surface area contributed by atoms with Crippen molar-refractivity contribution in [3.8, 4) is 5.75 Å². The summed E-state index contributed by atoms with van der Waals surface area (Å²) in [4.78, 5) is 14.0. The first-order chi connectivity index (χ1) is 12.9. The number of methoxy groups -OCH3 is 1. The number of carbonyl (C=O) groups excluding carboxylic acids is 1. The van der Waals surface area contributed by atoms with Crippen LogP contribution in [0.5, 0.6) is 5.75 Å². The number of halogens is 3. The fraction of sp³-hybridized carbons (Fsp3) is 0.316. The smallest absolute Gasteiger partial charge is 0.418 e. The lowest BCUT2D eigenvalue weighted by atomic mass is 10.1. The Morgan fingerprint density at radius 1 is 1.15 bits per heavy atom. The van der Waals surface area contributed by atoms with Gasteiger partial charge in [-0.15, -0.1) is 0 Å². The summed E-state index contributed by atoms with van der Waals surface area (Å²) in [6, 6.07) is 10.2. The van der Waals surface area contributed by atoms with Crippen molar-refractivity contribution in [2.45, 2.75) is 6.18 Å². The highest BCUT2D eigenvalue weighted by atomic mass is 19.4. The molecule has 27 heavy (non-hydrogen) atoms. The number of carbonyl (C=O) groups is 1. The molecule has 2 aromatic rings. The summed E-state index contributed by atoms with van der Waals surface area (Å²) in [6.45, 7) is 1.49. The topological polar surface area (TPSA) is 50.8 Å². The van der Waals surface area contributed by atoms with Crippen LogP contribution in [0.1, 0.15) is 15.9 Å². The van der Waals surface area contributed by atoms with Gasteiger partial charge in [0.2, 0.25) is 0 Å². The second kappa shape index (κ2) is 7.87. The van der Waals surface area contributed by atoms with E-state index in [9.17, 15) is 18.0 Å². The number of hydrogen-bond donors (Lipinski definition) is 1. The van der Waals surface area contributed by atoms with E-state index in [1.54, 1.807) is 29.2 Å². The largest absolute Gasteiger partial charge is 0.497 e. The van der Waals surface area contributed by atoms with Crippen molar-refractivity contribution in [2.24, 2.45) is 0 Å². The highest BCUT2D eigenvalue weighted by Gasteiger charge is 2.36. The van der Waals surface area contributed by atoms with E-state index in [2.05, 4.69) is 5.32 Å². The number of nitrogens with zero attached hydrogens (tertiary/aromatic N) is 1. The van der Waals surface area contributed by atoms with Gasteiger partial charge in [-0.2, -0.15) is 13.2 Å². The van der Waals surface area contributed by atoms with E-state index in [1.807, 2.05) is 0 Å². The maximum absolute atomic E-state index is 13.6. The Bertz CT molecular complexity index is 818. The molecule has 0 unspecified atom stereocenters. The van der Waals surface area contributed by atoms with Gasteiger partial charge < -0.3 is 19.7 Å². The first kappa shape index (κ1) is 19.0. The predicted octanol–water partition coefficient (Wildman–Crippen LogP) is 3.80. The van der Waals surface area contributed by atoms with Crippen LogP contribution in [0.2, 0.25) is 0 Å². The number of anilines is 2. The van der Waals surface area contributed by atoms with E-state index >= 15 is 0 Å². The predicted molar refractivity (Wildman–Crippen MR) is 95.4 cm³/mol. The molecule has 0 aromatic heterocycles. The normalized spacial score (nSPS) is 14.7. The van der Waals surface area contributed by atoms with Crippen LogP contribution in [0.4, 0.5) is 24.5 Å². The summed E-state index contributed by atoms with van der Waals surface area (Å²) in [7, 11) is 1.49. The zero-order chi connectivity index (χ0) is 19.4. The van der Waals surface area contributed by atoms with Gasteiger partial charge >= 0.3 is 6.18 Å². The first-order valence-corrected chi connectivity index (χ1v) is 8.38. The molecular weight excluding hydrogens is 361 g/mol. The molecule has 8 heteroatoms. The molecule has 1 aliphatic rings. The van der Waals surface area contributed by atoms with Crippen molar-refractivity contribution >= 4 is 17.3 Å². The van der Waals surface area contributed by atoms with Crippen LogP contribution >= 0.6 is 0 Å². The van der Waals surface area contributed by atoms with Gasteiger partial charge in [-0.05, 0) is 30.3 Å². The van der Waals surface area contributed by atoms with Crippen LogP contribution in [0.3, 0.4) is 0 Å². The monoisotopic (exact) mass is 380 g/mol. The van der Waals surface area contributed by atoms with E-state index in [0.29, 0.717) is 37.7 Å². The van der Waals surface area contributed by atoms with Gasteiger partial charge in [-0.3, -0.25) is 4.79 Å². The lowest BCUT2D eigenvalue weighted by molar-refractivity contribution is -0.137. The van der Waals surface area contributed by atoms with E-state index < -0.39 is 17.6 Å². The van der Waals surface area contributed by atoms with Crippen LogP contribution < -0.4 is 15.0 Å². The Morgan fingerprint density at radius 3 is 2.56 bits per heavy atom. The lowest BCUT2D eigenvalue weighted by Gasteiger charge is -2.31. The quantitative estimate of drug-likeness (QED) is 0.877. The summed E-state index contributed by atoms with van der Waals surface area (Å²) in [5, 5.41) is 2.59. The fourth-order valence-electron chi connectivity index (χ4n) is 2.89. The summed E-state index contributed by atoms with van der Waals surface area (Å²) in [5.74, 6) is -0.0891. The Labute approximate surface area is 154 Å². The number of morpholine rings is 1. The summed E-state index contributed by atoms with van der Waals surface area (Å²) < 4.78 is 51.0. The van der Waals surface area contributed by atoms with E-state index in [0.717, 1.165) is 6.07 Å². The maximum Gasteiger partial charge on any atom is 0.418 e. The standard InChI is InChI=1S/C19H19F3N2O3/c1-26-15-4-2-3-14(12-15)23-18(25)13-5-6-17(16(11-13)19(20,21)22)24-7-9-27-10-8-24/h2-6,11-12H,7-10H2,1H3,(H,23,25). The van der Waals surface area contributed by atoms with Gasteiger partial charge in [0.05, 0.1) is 25.9 Å². The van der Waals surface area contributed by atoms with Gasteiger partial charge in [0.25, 0.3) is 5.91 Å². The lowest BCUT2D eigenvalue weighted by Crippen LogP contribution is -2.37. The van der Waals surface area contributed by atoms with Crippen LogP contribution in [-0.4, -0.2) is 39.3 Å². The summed E-state index contributed by atoms with van der Waals surface area (Å²) in [6.07, 6.45) is -4.57. The minimum Gasteiger partial charge on any atom is -0.497 e. The van der Waals surface area contributed by atoms with Crippen LogP contribution in [0.15, 0.2) is 42.5 Å². The van der Waals surface area contributed by atoms with Gasteiger partial charge in [-0.1, -0.05) is 6.07 Å².